The van der Waals surface area contributed by atoms with Gasteiger partial charge in [-0.1, -0.05) is 29.3 Å². The highest BCUT2D eigenvalue weighted by Crippen LogP contribution is 2.68. The van der Waals surface area contributed by atoms with E-state index in [1.165, 1.54) is 4.68 Å². The van der Waals surface area contributed by atoms with Gasteiger partial charge in [0.1, 0.15) is 0 Å². The van der Waals surface area contributed by atoms with E-state index in [0.29, 0.717) is 22.3 Å². The molecule has 3 nitrogen and oxygen atoms in total. The maximum absolute atomic E-state index is 13.0. The molecule has 1 aliphatic heterocycles. The molecule has 140 valence electrons. The van der Waals surface area contributed by atoms with Crippen molar-refractivity contribution in [2.24, 2.45) is 5.41 Å². The number of alkyl halides is 3. The molecular formula is C18H18Cl2F3N3. The molecule has 0 bridgehead atoms. The average Bonchev–Trinajstić information content (AvgIpc) is 3.11. The molecule has 2 unspecified atom stereocenters. The fourth-order valence-corrected chi connectivity index (χ4v) is 4.75. The Morgan fingerprint density at radius 2 is 2.00 bits per heavy atom. The Morgan fingerprint density at radius 3 is 2.65 bits per heavy atom. The summed E-state index contributed by atoms with van der Waals surface area (Å²) < 4.78 is 40.4. The third-order valence-corrected chi connectivity index (χ3v) is 6.66. The van der Waals surface area contributed by atoms with Crippen LogP contribution in [0.5, 0.6) is 0 Å². The van der Waals surface area contributed by atoms with Crippen LogP contribution in [0.1, 0.15) is 29.8 Å². The molecule has 4 rings (SSSR count). The normalized spacial score (nSPS) is 28.1. The third-order valence-electron chi connectivity index (χ3n) is 5.92. The van der Waals surface area contributed by atoms with Crippen LogP contribution in [0.25, 0.3) is 0 Å². The quantitative estimate of drug-likeness (QED) is 0.794. The number of aromatic nitrogens is 2. The van der Waals surface area contributed by atoms with Crippen LogP contribution in [0.15, 0.2) is 24.3 Å². The van der Waals surface area contributed by atoms with Gasteiger partial charge in [-0.3, -0.25) is 4.68 Å². The lowest BCUT2D eigenvalue weighted by atomic mass is 9.81. The van der Waals surface area contributed by atoms with Gasteiger partial charge in [0.2, 0.25) is 0 Å². The first-order valence-electron chi connectivity index (χ1n) is 8.45. The molecule has 0 radical (unpaired) electrons. The number of hydrogen-bond donors (Lipinski definition) is 1. The molecule has 8 heteroatoms. The van der Waals surface area contributed by atoms with Gasteiger partial charge in [0.15, 0.2) is 5.69 Å². The Kier molecular flexibility index (Phi) is 4.10. The monoisotopic (exact) mass is 403 g/mol. The van der Waals surface area contributed by atoms with Gasteiger partial charge in [0.25, 0.3) is 0 Å². The fourth-order valence-electron chi connectivity index (χ4n) is 4.45. The largest absolute Gasteiger partial charge is 0.435 e. The zero-order valence-corrected chi connectivity index (χ0v) is 15.6. The second-order valence-electron chi connectivity index (χ2n) is 7.42. The lowest BCUT2D eigenvalue weighted by Crippen LogP contribution is -2.41. The van der Waals surface area contributed by atoms with Crippen molar-refractivity contribution in [1.29, 1.82) is 0 Å². The summed E-state index contributed by atoms with van der Waals surface area (Å²) in [6, 6.07) is 6.78. The average molecular weight is 404 g/mol. The van der Waals surface area contributed by atoms with Gasteiger partial charge in [0, 0.05) is 29.6 Å². The van der Waals surface area contributed by atoms with E-state index in [2.05, 4.69) is 10.4 Å². The Balaban J connectivity index is 1.68. The highest BCUT2D eigenvalue weighted by atomic mass is 35.5. The highest BCUT2D eigenvalue weighted by molar-refractivity contribution is 6.42. The number of fused-ring (bicyclic) bond motifs is 1. The predicted octanol–water partition coefficient (Wildman–Crippen LogP) is 4.84. The van der Waals surface area contributed by atoms with Crippen LogP contribution in [-0.4, -0.2) is 22.9 Å². The minimum Gasteiger partial charge on any atom is -0.316 e. The molecule has 1 saturated carbocycles. The fraction of sp³-hybridized carbons (Fsp3) is 0.500. The Hall–Kier alpha value is -1.24. The van der Waals surface area contributed by atoms with Crippen molar-refractivity contribution in [2.45, 2.75) is 37.9 Å². The van der Waals surface area contributed by atoms with Crippen LogP contribution in [0.2, 0.25) is 10.0 Å². The van der Waals surface area contributed by atoms with Gasteiger partial charge in [-0.2, -0.15) is 18.3 Å². The van der Waals surface area contributed by atoms with Crippen molar-refractivity contribution < 1.29 is 13.2 Å². The molecule has 1 aliphatic carbocycles. The molecule has 2 atom stereocenters. The van der Waals surface area contributed by atoms with Gasteiger partial charge in [0.05, 0.1) is 10.0 Å². The van der Waals surface area contributed by atoms with E-state index in [-0.39, 0.29) is 10.8 Å². The summed E-state index contributed by atoms with van der Waals surface area (Å²) in [7, 11) is 0. The molecule has 1 saturated heterocycles. The van der Waals surface area contributed by atoms with E-state index in [4.69, 9.17) is 23.2 Å². The standard InChI is InChI=1S/C18H18Cl2F3N3/c1-11-6-15(18(21,22)23)25-26(11)10-16-8-17(16,4-5-24-9-16)12-2-3-13(19)14(20)7-12/h2-3,6-7,24H,4-5,8-10H2,1H3. The van der Waals surface area contributed by atoms with Gasteiger partial charge < -0.3 is 5.32 Å². The summed E-state index contributed by atoms with van der Waals surface area (Å²) in [5.74, 6) is 0. The van der Waals surface area contributed by atoms with Crippen LogP contribution in [0.4, 0.5) is 13.2 Å². The molecule has 2 aliphatic rings. The molecule has 0 amide bonds. The van der Waals surface area contributed by atoms with Crippen LogP contribution < -0.4 is 5.32 Å². The third kappa shape index (κ3) is 2.74. The van der Waals surface area contributed by atoms with Crippen molar-refractivity contribution in [3.8, 4) is 0 Å². The molecule has 0 spiro atoms. The number of benzene rings is 1. The van der Waals surface area contributed by atoms with Crippen molar-refractivity contribution >= 4 is 23.2 Å². The number of nitrogens with zero attached hydrogens (tertiary/aromatic N) is 2. The van der Waals surface area contributed by atoms with Gasteiger partial charge in [-0.05, 0) is 50.1 Å². The van der Waals surface area contributed by atoms with Crippen molar-refractivity contribution in [3.05, 3.63) is 51.3 Å². The summed E-state index contributed by atoms with van der Waals surface area (Å²) in [5, 5.41) is 8.22. The van der Waals surface area contributed by atoms with E-state index in [0.717, 1.165) is 37.6 Å². The first kappa shape index (κ1) is 18.1. The van der Waals surface area contributed by atoms with E-state index in [9.17, 15) is 13.2 Å². The Morgan fingerprint density at radius 1 is 1.23 bits per heavy atom. The van der Waals surface area contributed by atoms with Crippen molar-refractivity contribution in [2.75, 3.05) is 13.1 Å². The van der Waals surface area contributed by atoms with E-state index >= 15 is 0 Å². The lowest BCUT2D eigenvalue weighted by molar-refractivity contribution is -0.141. The summed E-state index contributed by atoms with van der Waals surface area (Å²) in [4.78, 5) is 0. The molecule has 2 aromatic rings. The summed E-state index contributed by atoms with van der Waals surface area (Å²) >= 11 is 12.3. The van der Waals surface area contributed by atoms with Gasteiger partial charge in [-0.25, -0.2) is 0 Å². The second-order valence-corrected chi connectivity index (χ2v) is 8.24. The van der Waals surface area contributed by atoms with Crippen LogP contribution in [0.3, 0.4) is 0 Å². The maximum Gasteiger partial charge on any atom is 0.435 e. The van der Waals surface area contributed by atoms with E-state index in [1.807, 2.05) is 12.1 Å². The number of piperidine rings is 1. The molecule has 1 aromatic heterocycles. The van der Waals surface area contributed by atoms with Crippen molar-refractivity contribution in [3.63, 3.8) is 0 Å². The van der Waals surface area contributed by atoms with Gasteiger partial charge >= 0.3 is 6.18 Å². The number of hydrogen-bond acceptors (Lipinski definition) is 2. The van der Waals surface area contributed by atoms with Crippen LogP contribution >= 0.6 is 23.2 Å². The summed E-state index contributed by atoms with van der Waals surface area (Å²) in [5.41, 5.74) is 0.531. The first-order valence-corrected chi connectivity index (χ1v) is 9.20. The molecular weight excluding hydrogens is 386 g/mol. The lowest BCUT2D eigenvalue weighted by Gasteiger charge is -2.32. The Bertz CT molecular complexity index is 864. The Labute approximate surface area is 159 Å². The van der Waals surface area contributed by atoms with Gasteiger partial charge in [-0.15, -0.1) is 0 Å². The zero-order valence-electron chi connectivity index (χ0n) is 14.1. The molecule has 1 aromatic carbocycles. The number of rotatable bonds is 3. The molecule has 26 heavy (non-hydrogen) atoms. The van der Waals surface area contributed by atoms with E-state index in [1.54, 1.807) is 13.0 Å². The minimum absolute atomic E-state index is 0.0940. The number of halogens is 5. The minimum atomic E-state index is -4.43. The smallest absolute Gasteiger partial charge is 0.316 e. The zero-order chi connectivity index (χ0) is 18.7. The van der Waals surface area contributed by atoms with Crippen LogP contribution in [-0.2, 0) is 18.1 Å². The van der Waals surface area contributed by atoms with Crippen LogP contribution in [0, 0.1) is 12.3 Å². The SMILES string of the molecule is Cc1cc(C(F)(F)F)nn1CC12CNCCC1(c1ccc(Cl)c(Cl)c1)C2. The topological polar surface area (TPSA) is 29.9 Å². The molecule has 1 N–H and O–H groups in total. The summed E-state index contributed by atoms with van der Waals surface area (Å²) in [6.07, 6.45) is -2.62. The second kappa shape index (κ2) is 5.88. The number of aryl methyl sites for hydroxylation is 1. The summed E-state index contributed by atoms with van der Waals surface area (Å²) in [6.45, 7) is 3.72. The first-order chi connectivity index (χ1) is 12.2. The molecule has 2 heterocycles. The molecule has 2 fully saturated rings. The highest BCUT2D eigenvalue weighted by Gasteiger charge is 2.68. The maximum atomic E-state index is 13.0. The predicted molar refractivity (Wildman–Crippen MR) is 94.6 cm³/mol. The number of nitrogens with one attached hydrogen (secondary N) is 1. The van der Waals surface area contributed by atoms with Crippen molar-refractivity contribution in [1.82, 2.24) is 15.1 Å². The van der Waals surface area contributed by atoms with E-state index < -0.39 is 11.9 Å².